The third kappa shape index (κ3) is 7.15. The Labute approximate surface area is 302 Å². The summed E-state index contributed by atoms with van der Waals surface area (Å²) in [5.74, 6) is -6.57. The fraction of sp³-hybridized carbons (Fsp3) is 0.250. The summed E-state index contributed by atoms with van der Waals surface area (Å²) in [5, 5.41) is 21.7. The first-order valence-corrected chi connectivity index (χ1v) is 16.5. The van der Waals surface area contributed by atoms with Gasteiger partial charge in [0.05, 0.1) is 12.2 Å². The third-order valence-electron chi connectivity index (χ3n) is 9.30. The highest BCUT2D eigenvalue weighted by Gasteiger charge is 2.58. The van der Waals surface area contributed by atoms with Crippen molar-refractivity contribution in [1.82, 2.24) is 34.3 Å². The van der Waals surface area contributed by atoms with Crippen molar-refractivity contribution in [2.24, 2.45) is 0 Å². The van der Waals surface area contributed by atoms with E-state index in [1.165, 1.54) is 18.5 Å². The molecular weight excluding hydrogens is 723 g/mol. The van der Waals surface area contributed by atoms with Gasteiger partial charge in [0.15, 0.2) is 5.60 Å². The van der Waals surface area contributed by atoms with Gasteiger partial charge in [0.25, 0.3) is 0 Å². The number of halogens is 7. The lowest BCUT2D eigenvalue weighted by molar-refractivity contribution is -0.207. The zero-order valence-electron chi connectivity index (χ0n) is 28.1. The van der Waals surface area contributed by atoms with Crippen LogP contribution in [-0.4, -0.2) is 71.8 Å². The number of alkyl halides is 5. The van der Waals surface area contributed by atoms with E-state index in [1.807, 2.05) is 36.4 Å². The molecule has 0 spiro atoms. The quantitative estimate of drug-likeness (QED) is 0.182. The number of hydrogen-bond acceptors (Lipinski definition) is 8. The molecular formula is C36H30F7N9O2. The summed E-state index contributed by atoms with van der Waals surface area (Å²) in [7, 11) is 0. The Hall–Kier alpha value is -6.04. The molecule has 1 N–H and O–H groups in total. The van der Waals surface area contributed by atoms with E-state index >= 15 is 8.78 Å². The maximum absolute atomic E-state index is 16.1. The second kappa shape index (κ2) is 14.1. The maximum atomic E-state index is 16.1. The molecule has 1 aliphatic rings. The maximum Gasteiger partial charge on any atom is 0.406 e. The monoisotopic (exact) mass is 753 g/mol. The van der Waals surface area contributed by atoms with Gasteiger partial charge in [-0.2, -0.15) is 22.0 Å². The number of anilines is 2. The number of benzene rings is 3. The molecule has 54 heavy (non-hydrogen) atoms. The Morgan fingerprint density at radius 2 is 1.33 bits per heavy atom. The highest BCUT2D eigenvalue weighted by atomic mass is 19.4. The molecule has 1 aliphatic heterocycles. The Morgan fingerprint density at radius 1 is 0.722 bits per heavy atom. The van der Waals surface area contributed by atoms with Crippen LogP contribution >= 0.6 is 0 Å². The molecule has 1 fully saturated rings. The summed E-state index contributed by atoms with van der Waals surface area (Å²) in [6, 6.07) is 18.8. The minimum atomic E-state index is -4.51. The molecule has 0 saturated carbocycles. The zero-order chi connectivity index (χ0) is 38.3. The van der Waals surface area contributed by atoms with Gasteiger partial charge >= 0.3 is 17.8 Å². The fourth-order valence-electron chi connectivity index (χ4n) is 6.46. The van der Waals surface area contributed by atoms with Gasteiger partial charge in [-0.05, 0) is 70.6 Å². The van der Waals surface area contributed by atoms with Crippen LogP contribution in [-0.2, 0) is 24.6 Å². The van der Waals surface area contributed by atoms with Crippen LogP contribution < -0.4 is 15.5 Å². The number of imidazole rings is 1. The minimum absolute atomic E-state index is 0.400. The summed E-state index contributed by atoms with van der Waals surface area (Å²) >= 11 is 0. The molecule has 7 rings (SSSR count). The third-order valence-corrected chi connectivity index (χ3v) is 9.30. The van der Waals surface area contributed by atoms with Gasteiger partial charge in [0.1, 0.15) is 30.2 Å². The normalized spacial score (nSPS) is 15.0. The average Bonchev–Trinajstić information content (AvgIpc) is 3.80. The highest BCUT2D eigenvalue weighted by molar-refractivity contribution is 5.66. The molecule has 1 unspecified atom stereocenters. The first kappa shape index (κ1) is 36.3. The van der Waals surface area contributed by atoms with Crippen LogP contribution in [0.4, 0.5) is 42.1 Å². The SMILES string of the molecule is O=c1n(CC(F)(F)F)ccn1-c1ccc(N2CCN(c3ccc(-c4ccc(C(F)(F)C(O)(Cn5cnnn5)c5ccc(F)cc5F)nc4)cc3)CC2)cc1. The van der Waals surface area contributed by atoms with E-state index in [2.05, 4.69) is 30.3 Å². The van der Waals surface area contributed by atoms with Crippen molar-refractivity contribution in [1.29, 1.82) is 0 Å². The molecule has 6 aromatic rings. The second-order valence-corrected chi connectivity index (χ2v) is 12.7. The molecule has 0 aliphatic carbocycles. The largest absolute Gasteiger partial charge is 0.406 e. The van der Waals surface area contributed by atoms with Gasteiger partial charge in [-0.15, -0.1) is 5.10 Å². The van der Waals surface area contributed by atoms with E-state index < -0.39 is 59.4 Å². The van der Waals surface area contributed by atoms with Crippen LogP contribution in [0.5, 0.6) is 0 Å². The Morgan fingerprint density at radius 3 is 1.89 bits per heavy atom. The van der Waals surface area contributed by atoms with Crippen molar-refractivity contribution in [3.05, 3.63) is 137 Å². The molecule has 1 atom stereocenters. The molecule has 18 heteroatoms. The van der Waals surface area contributed by atoms with Crippen LogP contribution in [0.2, 0.25) is 0 Å². The summed E-state index contributed by atoms with van der Waals surface area (Å²) in [6.45, 7) is 0.366. The van der Waals surface area contributed by atoms with Gasteiger partial charge in [-0.3, -0.25) is 14.1 Å². The van der Waals surface area contributed by atoms with Crippen molar-refractivity contribution in [3.63, 3.8) is 0 Å². The second-order valence-electron chi connectivity index (χ2n) is 12.7. The highest BCUT2D eigenvalue weighted by Crippen LogP contribution is 2.47. The number of nitrogens with zero attached hydrogens (tertiary/aromatic N) is 9. The van der Waals surface area contributed by atoms with Gasteiger partial charge in [-0.1, -0.05) is 18.2 Å². The van der Waals surface area contributed by atoms with E-state index in [0.29, 0.717) is 53.6 Å². The van der Waals surface area contributed by atoms with Crippen LogP contribution in [0.15, 0.2) is 109 Å². The lowest BCUT2D eigenvalue weighted by Crippen LogP contribution is -2.48. The number of pyridine rings is 1. The average molecular weight is 754 g/mol. The molecule has 280 valence electrons. The van der Waals surface area contributed by atoms with E-state index in [9.17, 15) is 31.9 Å². The van der Waals surface area contributed by atoms with E-state index in [1.54, 1.807) is 12.1 Å². The summed E-state index contributed by atoms with van der Waals surface area (Å²) in [4.78, 5) is 20.7. The van der Waals surface area contributed by atoms with E-state index in [4.69, 9.17) is 0 Å². The molecule has 4 heterocycles. The number of tetrazole rings is 1. The fourth-order valence-corrected chi connectivity index (χ4v) is 6.46. The number of piperazine rings is 1. The topological polar surface area (TPSA) is 110 Å². The van der Waals surface area contributed by atoms with Crippen LogP contribution in [0, 0.1) is 11.6 Å². The van der Waals surface area contributed by atoms with Crippen molar-refractivity contribution >= 4 is 11.4 Å². The van der Waals surface area contributed by atoms with Crippen molar-refractivity contribution < 1.29 is 35.8 Å². The van der Waals surface area contributed by atoms with Crippen LogP contribution in [0.25, 0.3) is 16.8 Å². The summed E-state index contributed by atoms with van der Waals surface area (Å²) in [5.41, 5.74) is -2.28. The van der Waals surface area contributed by atoms with Gasteiger partial charge in [-0.25, -0.2) is 18.3 Å². The summed E-state index contributed by atoms with van der Waals surface area (Å²) in [6.07, 6.45) is 0.0970. The standard InChI is InChI=1S/C36H30F7N9O2/c37-26-4-11-30(31(38)19-26)34(54,21-51-23-45-46-47-51)36(42,43)32-12-3-25(20-44-32)24-1-5-27(6-2-24)48-13-15-49(16-14-48)28-7-9-29(10-8-28)52-18-17-50(33(52)53)22-35(39,40)41/h1-12,17-20,23,54H,13-16,21-22H2. The Balaban J connectivity index is 1.00. The van der Waals surface area contributed by atoms with Gasteiger partial charge < -0.3 is 14.9 Å². The summed E-state index contributed by atoms with van der Waals surface area (Å²) < 4.78 is 102. The van der Waals surface area contributed by atoms with Gasteiger partial charge in [0, 0.05) is 73.3 Å². The molecule has 11 nitrogen and oxygen atoms in total. The number of hydrogen-bond donors (Lipinski definition) is 1. The predicted octanol–water partition coefficient (Wildman–Crippen LogP) is 5.53. The van der Waals surface area contributed by atoms with Crippen LogP contribution in [0.3, 0.4) is 0 Å². The Kier molecular flexibility index (Phi) is 9.47. The van der Waals surface area contributed by atoms with Crippen LogP contribution in [0.1, 0.15) is 11.3 Å². The smallest absolute Gasteiger partial charge is 0.377 e. The van der Waals surface area contributed by atoms with Gasteiger partial charge in [0.2, 0.25) is 0 Å². The van der Waals surface area contributed by atoms with E-state index in [-0.39, 0.29) is 0 Å². The molecule has 1 saturated heterocycles. The molecule has 0 amide bonds. The minimum Gasteiger partial charge on any atom is -0.377 e. The lowest BCUT2D eigenvalue weighted by Gasteiger charge is -2.37. The lowest BCUT2D eigenvalue weighted by atomic mass is 9.84. The molecule has 3 aromatic heterocycles. The first-order chi connectivity index (χ1) is 25.7. The molecule has 3 aromatic carbocycles. The van der Waals surface area contributed by atoms with Crippen molar-refractivity contribution in [2.75, 3.05) is 36.0 Å². The number of aliphatic hydroxyl groups is 1. The van der Waals surface area contributed by atoms with Crippen molar-refractivity contribution in [2.45, 2.75) is 30.8 Å². The van der Waals surface area contributed by atoms with Crippen molar-refractivity contribution in [3.8, 4) is 16.8 Å². The van der Waals surface area contributed by atoms with E-state index in [0.717, 1.165) is 51.3 Å². The molecule has 0 radical (unpaired) electrons. The Bertz CT molecular complexity index is 2270. The number of rotatable bonds is 10. The number of aromatic nitrogens is 7. The first-order valence-electron chi connectivity index (χ1n) is 16.5. The zero-order valence-corrected chi connectivity index (χ0v) is 28.1. The molecule has 0 bridgehead atoms. The predicted molar refractivity (Wildman–Crippen MR) is 182 cm³/mol.